The Kier molecular flexibility index (Phi) is 3.69. The Hall–Kier alpha value is -2.10. The number of allylic oxidation sites excluding steroid dienone is 1. The predicted molar refractivity (Wildman–Crippen MR) is 69.1 cm³/mol. The molecule has 0 radical (unpaired) electrons. The van der Waals surface area contributed by atoms with Crippen LogP contribution in [0.25, 0.3) is 17.0 Å². The van der Waals surface area contributed by atoms with Crippen LogP contribution < -0.4 is 0 Å². The lowest BCUT2D eigenvalue weighted by Gasteiger charge is -2.07. The van der Waals surface area contributed by atoms with Gasteiger partial charge in [-0.25, -0.2) is 13.2 Å². The van der Waals surface area contributed by atoms with Gasteiger partial charge in [-0.2, -0.15) is 0 Å². The van der Waals surface area contributed by atoms with Gasteiger partial charge in [0.25, 0.3) is 0 Å². The van der Waals surface area contributed by atoms with Crippen molar-refractivity contribution in [2.45, 2.75) is 13.8 Å². The third-order valence-corrected chi connectivity index (χ3v) is 2.81. The Bertz CT molecular complexity index is 648. The summed E-state index contributed by atoms with van der Waals surface area (Å²) in [5.41, 5.74) is 2.01. The summed E-state index contributed by atoms with van der Waals surface area (Å²) in [6.45, 7) is 3.30. The van der Waals surface area contributed by atoms with E-state index in [-0.39, 0.29) is 5.69 Å². The zero-order chi connectivity index (χ0) is 14.0. The molecule has 0 bridgehead atoms. The first kappa shape index (κ1) is 13.3. The van der Waals surface area contributed by atoms with Gasteiger partial charge in [0, 0.05) is 11.8 Å². The molecular formula is C15H12F3N. The minimum atomic E-state index is -0.918. The first-order chi connectivity index (χ1) is 9.02. The normalized spacial score (nSPS) is 11.7. The van der Waals surface area contributed by atoms with Crippen molar-refractivity contribution in [3.8, 4) is 11.1 Å². The minimum Gasteiger partial charge on any atom is -0.253 e. The van der Waals surface area contributed by atoms with Crippen LogP contribution in [-0.2, 0) is 0 Å². The Balaban J connectivity index is 2.47. The summed E-state index contributed by atoms with van der Waals surface area (Å²) in [5, 5.41) is 0. The van der Waals surface area contributed by atoms with Crippen molar-refractivity contribution in [3.63, 3.8) is 0 Å². The average Bonchev–Trinajstić information content (AvgIpc) is 2.41. The molecule has 2 rings (SSSR count). The van der Waals surface area contributed by atoms with Gasteiger partial charge in [0.15, 0.2) is 11.6 Å². The SMILES string of the molecule is C/C=C(/F)c1ncc(-c2ccc(F)c(F)c2)cc1C. The van der Waals surface area contributed by atoms with E-state index < -0.39 is 17.5 Å². The first-order valence-electron chi connectivity index (χ1n) is 5.77. The Morgan fingerprint density at radius 1 is 1.11 bits per heavy atom. The molecule has 0 aliphatic heterocycles. The fraction of sp³-hybridized carbons (Fsp3) is 0.133. The summed E-state index contributed by atoms with van der Waals surface area (Å²) >= 11 is 0. The number of benzene rings is 1. The van der Waals surface area contributed by atoms with Gasteiger partial charge in [0.2, 0.25) is 0 Å². The zero-order valence-corrected chi connectivity index (χ0v) is 10.5. The molecule has 19 heavy (non-hydrogen) atoms. The highest BCUT2D eigenvalue weighted by molar-refractivity contribution is 5.67. The minimum absolute atomic E-state index is 0.258. The Morgan fingerprint density at radius 3 is 2.42 bits per heavy atom. The van der Waals surface area contributed by atoms with E-state index in [1.54, 1.807) is 19.9 Å². The number of hydrogen-bond donors (Lipinski definition) is 0. The third-order valence-electron chi connectivity index (χ3n) is 2.81. The van der Waals surface area contributed by atoms with Crippen LogP contribution in [-0.4, -0.2) is 4.98 Å². The number of hydrogen-bond acceptors (Lipinski definition) is 1. The molecular weight excluding hydrogens is 251 g/mol. The summed E-state index contributed by atoms with van der Waals surface area (Å²) < 4.78 is 39.5. The molecule has 0 fully saturated rings. The monoisotopic (exact) mass is 263 g/mol. The van der Waals surface area contributed by atoms with Gasteiger partial charge in [0.1, 0.15) is 11.5 Å². The van der Waals surface area contributed by atoms with E-state index in [9.17, 15) is 13.2 Å². The van der Waals surface area contributed by atoms with Crippen LogP contribution in [0.2, 0.25) is 0 Å². The van der Waals surface area contributed by atoms with E-state index >= 15 is 0 Å². The summed E-state index contributed by atoms with van der Waals surface area (Å²) in [6.07, 6.45) is 2.77. The van der Waals surface area contributed by atoms with Crippen molar-refractivity contribution >= 4 is 5.83 Å². The van der Waals surface area contributed by atoms with Gasteiger partial charge in [-0.15, -0.1) is 0 Å². The molecule has 4 heteroatoms. The van der Waals surface area contributed by atoms with Crippen molar-refractivity contribution < 1.29 is 13.2 Å². The summed E-state index contributed by atoms with van der Waals surface area (Å²) in [7, 11) is 0. The molecule has 1 heterocycles. The van der Waals surface area contributed by atoms with Crippen molar-refractivity contribution in [2.24, 2.45) is 0 Å². The molecule has 0 aliphatic carbocycles. The fourth-order valence-electron chi connectivity index (χ4n) is 1.80. The van der Waals surface area contributed by atoms with Crippen LogP contribution in [0, 0.1) is 18.6 Å². The topological polar surface area (TPSA) is 12.9 Å². The molecule has 1 aromatic heterocycles. The van der Waals surface area contributed by atoms with Gasteiger partial charge in [0.05, 0.1) is 0 Å². The van der Waals surface area contributed by atoms with Crippen molar-refractivity contribution in [1.82, 2.24) is 4.98 Å². The molecule has 1 nitrogen and oxygen atoms in total. The number of nitrogens with zero attached hydrogens (tertiary/aromatic N) is 1. The van der Waals surface area contributed by atoms with Gasteiger partial charge in [-0.05, 0) is 49.2 Å². The molecule has 0 N–H and O–H groups in total. The predicted octanol–water partition coefficient (Wildman–Crippen LogP) is 4.67. The van der Waals surface area contributed by atoms with Gasteiger partial charge in [-0.3, -0.25) is 4.98 Å². The largest absolute Gasteiger partial charge is 0.253 e. The van der Waals surface area contributed by atoms with E-state index in [1.165, 1.54) is 18.3 Å². The highest BCUT2D eigenvalue weighted by Crippen LogP contribution is 2.25. The maximum Gasteiger partial charge on any atom is 0.159 e. The first-order valence-corrected chi connectivity index (χ1v) is 5.77. The number of pyridine rings is 1. The summed E-state index contributed by atoms with van der Waals surface area (Å²) in [4.78, 5) is 4.02. The standard InChI is InChI=1S/C15H12F3N/c1-3-12(16)15-9(2)6-11(8-19-15)10-4-5-13(17)14(18)7-10/h3-8H,1-2H3/b12-3+. The van der Waals surface area contributed by atoms with Gasteiger partial charge < -0.3 is 0 Å². The van der Waals surface area contributed by atoms with E-state index in [0.717, 1.165) is 12.1 Å². The molecule has 1 aromatic carbocycles. The molecule has 0 unspecified atom stereocenters. The van der Waals surface area contributed by atoms with Crippen molar-refractivity contribution in [1.29, 1.82) is 0 Å². The van der Waals surface area contributed by atoms with Crippen LogP contribution in [0.15, 0.2) is 36.5 Å². The van der Waals surface area contributed by atoms with Crippen LogP contribution >= 0.6 is 0 Å². The van der Waals surface area contributed by atoms with E-state index in [1.807, 2.05) is 0 Å². The lowest BCUT2D eigenvalue weighted by atomic mass is 10.0. The van der Waals surface area contributed by atoms with Crippen LogP contribution in [0.4, 0.5) is 13.2 Å². The molecule has 2 aromatic rings. The van der Waals surface area contributed by atoms with Gasteiger partial charge in [-0.1, -0.05) is 6.07 Å². The fourth-order valence-corrected chi connectivity index (χ4v) is 1.80. The lowest BCUT2D eigenvalue weighted by Crippen LogP contribution is -1.92. The van der Waals surface area contributed by atoms with Crippen LogP contribution in [0.5, 0.6) is 0 Å². The smallest absolute Gasteiger partial charge is 0.159 e. The second kappa shape index (κ2) is 5.26. The van der Waals surface area contributed by atoms with E-state index in [4.69, 9.17) is 0 Å². The Morgan fingerprint density at radius 2 is 1.84 bits per heavy atom. The zero-order valence-electron chi connectivity index (χ0n) is 10.5. The third kappa shape index (κ3) is 2.67. The maximum absolute atomic E-state index is 13.5. The quantitative estimate of drug-likeness (QED) is 0.767. The highest BCUT2D eigenvalue weighted by atomic mass is 19.2. The van der Waals surface area contributed by atoms with E-state index in [0.29, 0.717) is 16.7 Å². The number of rotatable bonds is 2. The Labute approximate surface area is 109 Å². The van der Waals surface area contributed by atoms with Crippen molar-refractivity contribution in [2.75, 3.05) is 0 Å². The van der Waals surface area contributed by atoms with Crippen LogP contribution in [0.1, 0.15) is 18.2 Å². The maximum atomic E-state index is 13.5. The lowest BCUT2D eigenvalue weighted by molar-refractivity contribution is 0.509. The molecule has 98 valence electrons. The number of aryl methyl sites for hydroxylation is 1. The second-order valence-corrected chi connectivity index (χ2v) is 4.15. The molecule has 0 atom stereocenters. The van der Waals surface area contributed by atoms with Gasteiger partial charge >= 0.3 is 0 Å². The number of aromatic nitrogens is 1. The summed E-state index contributed by atoms with van der Waals surface area (Å²) in [6, 6.07) is 5.30. The molecule has 0 amide bonds. The molecule has 0 aliphatic rings. The van der Waals surface area contributed by atoms with Crippen molar-refractivity contribution in [3.05, 3.63) is 59.4 Å². The molecule has 0 saturated heterocycles. The molecule has 0 saturated carbocycles. The second-order valence-electron chi connectivity index (χ2n) is 4.15. The molecule has 0 spiro atoms. The average molecular weight is 263 g/mol. The number of halogens is 3. The van der Waals surface area contributed by atoms with Crippen LogP contribution in [0.3, 0.4) is 0 Å². The summed E-state index contributed by atoms with van der Waals surface area (Å²) in [5.74, 6) is -2.22. The van der Waals surface area contributed by atoms with E-state index in [2.05, 4.69) is 4.98 Å². The highest BCUT2D eigenvalue weighted by Gasteiger charge is 2.09.